The highest BCUT2D eigenvalue weighted by atomic mass is 79.9. The van der Waals surface area contributed by atoms with Gasteiger partial charge in [0.25, 0.3) is 0 Å². The summed E-state index contributed by atoms with van der Waals surface area (Å²) in [5, 5.41) is 0.603. The molecule has 6 heteroatoms. The van der Waals surface area contributed by atoms with Gasteiger partial charge < -0.3 is 10.5 Å². The molecule has 1 aromatic carbocycles. The molecule has 0 unspecified atom stereocenters. The Kier molecular flexibility index (Phi) is 4.16. The van der Waals surface area contributed by atoms with Crippen molar-refractivity contribution in [3.8, 4) is 11.3 Å². The molecule has 0 amide bonds. The summed E-state index contributed by atoms with van der Waals surface area (Å²) in [6.45, 7) is 0.306. The first-order chi connectivity index (χ1) is 8.61. The van der Waals surface area contributed by atoms with Crippen LogP contribution in [0, 0.1) is 0 Å². The lowest BCUT2D eigenvalue weighted by Crippen LogP contribution is -2.02. The number of anilines is 1. The SMILES string of the molecule is COCc1nc(N)cc(-c2c(Cl)cccc2Br)n1. The molecule has 2 N–H and O–H groups in total. The van der Waals surface area contributed by atoms with Crippen molar-refractivity contribution < 1.29 is 4.74 Å². The molecule has 0 radical (unpaired) electrons. The molecule has 0 atom stereocenters. The van der Waals surface area contributed by atoms with Gasteiger partial charge in [0.1, 0.15) is 12.4 Å². The third-order valence-electron chi connectivity index (χ3n) is 2.28. The van der Waals surface area contributed by atoms with Crippen molar-refractivity contribution in [3.63, 3.8) is 0 Å². The van der Waals surface area contributed by atoms with Crippen LogP contribution in [0.5, 0.6) is 0 Å². The molecule has 2 rings (SSSR count). The molecule has 1 heterocycles. The van der Waals surface area contributed by atoms with Crippen LogP contribution in [0.2, 0.25) is 5.02 Å². The van der Waals surface area contributed by atoms with Crippen LogP contribution in [-0.4, -0.2) is 17.1 Å². The quantitative estimate of drug-likeness (QED) is 0.939. The number of methoxy groups -OCH3 is 1. The van der Waals surface area contributed by atoms with E-state index >= 15 is 0 Å². The molecular weight excluding hydrogens is 318 g/mol. The number of halogens is 2. The number of hydrogen-bond acceptors (Lipinski definition) is 4. The Morgan fingerprint density at radius 1 is 1.39 bits per heavy atom. The fourth-order valence-corrected chi connectivity index (χ4v) is 2.54. The lowest BCUT2D eigenvalue weighted by molar-refractivity contribution is 0.178. The third kappa shape index (κ3) is 2.80. The van der Waals surface area contributed by atoms with Crippen LogP contribution in [0.4, 0.5) is 5.82 Å². The molecule has 0 aliphatic carbocycles. The van der Waals surface area contributed by atoms with E-state index in [9.17, 15) is 0 Å². The van der Waals surface area contributed by atoms with Gasteiger partial charge >= 0.3 is 0 Å². The van der Waals surface area contributed by atoms with Crippen LogP contribution in [0.1, 0.15) is 5.82 Å². The molecular formula is C12H11BrClN3O. The number of aromatic nitrogens is 2. The summed E-state index contributed by atoms with van der Waals surface area (Å²) in [5.74, 6) is 0.915. The van der Waals surface area contributed by atoms with Crippen molar-refractivity contribution in [1.29, 1.82) is 0 Å². The first kappa shape index (κ1) is 13.3. The van der Waals surface area contributed by atoms with Gasteiger partial charge in [-0.3, -0.25) is 0 Å². The highest BCUT2D eigenvalue weighted by molar-refractivity contribution is 9.10. The molecule has 18 heavy (non-hydrogen) atoms. The van der Waals surface area contributed by atoms with Crippen LogP contribution >= 0.6 is 27.5 Å². The summed E-state index contributed by atoms with van der Waals surface area (Å²) >= 11 is 9.64. The largest absolute Gasteiger partial charge is 0.384 e. The third-order valence-corrected chi connectivity index (χ3v) is 3.26. The number of ether oxygens (including phenoxy) is 1. The summed E-state index contributed by atoms with van der Waals surface area (Å²) in [5.41, 5.74) is 7.23. The van der Waals surface area contributed by atoms with Crippen molar-refractivity contribution in [1.82, 2.24) is 9.97 Å². The van der Waals surface area contributed by atoms with Gasteiger partial charge in [0, 0.05) is 23.2 Å². The monoisotopic (exact) mass is 327 g/mol. The molecule has 4 nitrogen and oxygen atoms in total. The predicted octanol–water partition coefficient (Wildman–Crippen LogP) is 3.29. The summed E-state index contributed by atoms with van der Waals surface area (Å²) in [4.78, 5) is 8.48. The number of nitrogen functional groups attached to an aromatic ring is 1. The summed E-state index contributed by atoms with van der Waals surface area (Å²) < 4.78 is 5.87. The van der Waals surface area contributed by atoms with Crippen LogP contribution < -0.4 is 5.73 Å². The average Bonchev–Trinajstić information content (AvgIpc) is 2.28. The van der Waals surface area contributed by atoms with Crippen LogP contribution in [0.25, 0.3) is 11.3 Å². The lowest BCUT2D eigenvalue weighted by Gasteiger charge is -2.09. The molecule has 0 spiro atoms. The van der Waals surface area contributed by atoms with Gasteiger partial charge in [-0.25, -0.2) is 9.97 Å². The van der Waals surface area contributed by atoms with Crippen LogP contribution in [0.3, 0.4) is 0 Å². The highest BCUT2D eigenvalue weighted by Gasteiger charge is 2.11. The smallest absolute Gasteiger partial charge is 0.157 e. The Balaban J connectivity index is 2.56. The molecule has 2 aromatic rings. The van der Waals surface area contributed by atoms with Crippen molar-refractivity contribution >= 4 is 33.3 Å². The Bertz CT molecular complexity index is 557. The van der Waals surface area contributed by atoms with Crippen LogP contribution in [0.15, 0.2) is 28.7 Å². The zero-order valence-corrected chi connectivity index (χ0v) is 12.0. The zero-order valence-electron chi connectivity index (χ0n) is 9.65. The van der Waals surface area contributed by atoms with E-state index in [1.54, 1.807) is 19.2 Å². The van der Waals surface area contributed by atoms with Gasteiger partial charge in [0.05, 0.1) is 10.7 Å². The molecule has 0 aliphatic heterocycles. The van der Waals surface area contributed by atoms with Gasteiger partial charge in [-0.1, -0.05) is 33.6 Å². The number of rotatable bonds is 3. The number of hydrogen-bond donors (Lipinski definition) is 1. The van der Waals surface area contributed by atoms with Crippen LogP contribution in [-0.2, 0) is 11.3 Å². The van der Waals surface area contributed by atoms with E-state index in [2.05, 4.69) is 25.9 Å². The first-order valence-corrected chi connectivity index (χ1v) is 6.35. The topological polar surface area (TPSA) is 61.0 Å². The normalized spacial score (nSPS) is 10.6. The average molecular weight is 329 g/mol. The number of benzene rings is 1. The fraction of sp³-hybridized carbons (Fsp3) is 0.167. The Morgan fingerprint density at radius 2 is 2.17 bits per heavy atom. The van der Waals surface area contributed by atoms with Gasteiger partial charge in [-0.2, -0.15) is 0 Å². The second-order valence-corrected chi connectivity index (χ2v) is 4.89. The summed E-state index contributed by atoms with van der Waals surface area (Å²) in [6, 6.07) is 7.24. The Labute approximate surface area is 118 Å². The lowest BCUT2D eigenvalue weighted by atomic mass is 10.1. The van der Waals surface area contributed by atoms with Crippen molar-refractivity contribution in [3.05, 3.63) is 39.6 Å². The molecule has 0 aliphatic rings. The minimum absolute atomic E-state index is 0.306. The fourth-order valence-electron chi connectivity index (χ4n) is 1.58. The first-order valence-electron chi connectivity index (χ1n) is 5.18. The predicted molar refractivity (Wildman–Crippen MR) is 75.3 cm³/mol. The second-order valence-electron chi connectivity index (χ2n) is 3.62. The van der Waals surface area contributed by atoms with Gasteiger partial charge in [0.2, 0.25) is 0 Å². The molecule has 0 bridgehead atoms. The second kappa shape index (κ2) is 5.65. The summed E-state index contributed by atoms with van der Waals surface area (Å²) in [6.07, 6.45) is 0. The van der Waals surface area contributed by atoms with Crippen molar-refractivity contribution in [2.24, 2.45) is 0 Å². The van der Waals surface area contributed by atoms with E-state index in [0.29, 0.717) is 29.0 Å². The molecule has 0 fully saturated rings. The van der Waals surface area contributed by atoms with E-state index in [0.717, 1.165) is 10.0 Å². The maximum atomic E-state index is 6.18. The van der Waals surface area contributed by atoms with E-state index in [4.69, 9.17) is 22.1 Å². The Morgan fingerprint density at radius 3 is 2.83 bits per heavy atom. The maximum absolute atomic E-state index is 6.18. The molecule has 94 valence electrons. The minimum atomic E-state index is 0.306. The van der Waals surface area contributed by atoms with E-state index < -0.39 is 0 Å². The minimum Gasteiger partial charge on any atom is -0.384 e. The van der Waals surface area contributed by atoms with Gasteiger partial charge in [-0.05, 0) is 12.1 Å². The van der Waals surface area contributed by atoms with Gasteiger partial charge in [-0.15, -0.1) is 0 Å². The van der Waals surface area contributed by atoms with E-state index in [1.165, 1.54) is 0 Å². The summed E-state index contributed by atoms with van der Waals surface area (Å²) in [7, 11) is 1.58. The zero-order chi connectivity index (χ0) is 13.1. The van der Waals surface area contributed by atoms with E-state index in [-0.39, 0.29) is 0 Å². The number of nitrogens with two attached hydrogens (primary N) is 1. The standard InChI is InChI=1S/C12H11BrClN3O/c1-18-6-11-16-9(5-10(15)17-11)12-7(13)3-2-4-8(12)14/h2-5H,6H2,1H3,(H2,15,16,17). The van der Waals surface area contributed by atoms with Crippen molar-refractivity contribution in [2.45, 2.75) is 6.61 Å². The Hall–Kier alpha value is -1.17. The number of nitrogens with zero attached hydrogens (tertiary/aromatic N) is 2. The van der Waals surface area contributed by atoms with Gasteiger partial charge in [0.15, 0.2) is 5.82 Å². The van der Waals surface area contributed by atoms with Crippen molar-refractivity contribution in [2.75, 3.05) is 12.8 Å². The molecule has 0 saturated heterocycles. The molecule has 1 aromatic heterocycles. The highest BCUT2D eigenvalue weighted by Crippen LogP contribution is 2.34. The maximum Gasteiger partial charge on any atom is 0.157 e. The molecule has 0 saturated carbocycles. The van der Waals surface area contributed by atoms with E-state index in [1.807, 2.05) is 12.1 Å².